The van der Waals surface area contributed by atoms with Gasteiger partial charge in [-0.05, 0) is 5.92 Å². The van der Waals surface area contributed by atoms with Gasteiger partial charge in [-0.3, -0.25) is 0 Å². The molecule has 0 amide bonds. The van der Waals surface area contributed by atoms with E-state index in [-0.39, 0.29) is 0 Å². The monoisotopic (exact) mass is 183 g/mol. The molecule has 13 heavy (non-hydrogen) atoms. The first-order chi connectivity index (χ1) is 6.35. The first-order valence-corrected chi connectivity index (χ1v) is 6.14. The van der Waals surface area contributed by atoms with E-state index in [2.05, 4.69) is 20.8 Å². The Bertz CT molecular complexity index is 80.0. The zero-order valence-corrected chi connectivity index (χ0v) is 9.65. The van der Waals surface area contributed by atoms with Gasteiger partial charge >= 0.3 is 0 Å². The van der Waals surface area contributed by atoms with Crippen molar-refractivity contribution < 1.29 is 0 Å². The molecule has 0 nitrogen and oxygen atoms in total. The lowest BCUT2D eigenvalue weighted by Gasteiger charge is -2.14. The molecule has 0 heteroatoms. The van der Waals surface area contributed by atoms with Crippen LogP contribution < -0.4 is 0 Å². The predicted molar refractivity (Wildman–Crippen MR) is 61.7 cm³/mol. The van der Waals surface area contributed by atoms with E-state index < -0.39 is 0 Å². The fourth-order valence-corrected chi connectivity index (χ4v) is 1.99. The molecule has 1 unspecified atom stereocenters. The zero-order valence-electron chi connectivity index (χ0n) is 9.65. The van der Waals surface area contributed by atoms with Gasteiger partial charge in [-0.1, -0.05) is 78.6 Å². The van der Waals surface area contributed by atoms with Crippen LogP contribution in [0.25, 0.3) is 0 Å². The highest BCUT2D eigenvalue weighted by atomic mass is 14.1. The van der Waals surface area contributed by atoms with Gasteiger partial charge in [-0.2, -0.15) is 0 Å². The summed E-state index contributed by atoms with van der Waals surface area (Å²) in [5.41, 5.74) is 0. The summed E-state index contributed by atoms with van der Waals surface area (Å²) in [7, 11) is 0. The van der Waals surface area contributed by atoms with Crippen molar-refractivity contribution >= 4 is 0 Å². The fraction of sp³-hybridized carbons (Fsp3) is 0.923. The molecule has 1 radical (unpaired) electrons. The molecule has 0 aliphatic rings. The summed E-state index contributed by atoms with van der Waals surface area (Å²) in [5.74, 6) is 0.972. The van der Waals surface area contributed by atoms with Crippen molar-refractivity contribution in [2.75, 3.05) is 0 Å². The lowest BCUT2D eigenvalue weighted by molar-refractivity contribution is 0.398. The second-order valence-electron chi connectivity index (χ2n) is 4.15. The quantitative estimate of drug-likeness (QED) is 0.442. The van der Waals surface area contributed by atoms with Crippen LogP contribution in [-0.2, 0) is 0 Å². The lowest BCUT2D eigenvalue weighted by Crippen LogP contribution is -1.99. The summed E-state index contributed by atoms with van der Waals surface area (Å²) >= 11 is 0. The van der Waals surface area contributed by atoms with Gasteiger partial charge in [0.2, 0.25) is 0 Å². The summed E-state index contributed by atoms with van der Waals surface area (Å²) in [6, 6.07) is 0. The number of hydrogen-bond donors (Lipinski definition) is 0. The Morgan fingerprint density at radius 2 is 1.62 bits per heavy atom. The van der Waals surface area contributed by atoms with Gasteiger partial charge in [-0.15, -0.1) is 0 Å². The largest absolute Gasteiger partial charge is 0.0654 e. The fourth-order valence-electron chi connectivity index (χ4n) is 1.99. The first-order valence-electron chi connectivity index (χ1n) is 6.14. The summed E-state index contributed by atoms with van der Waals surface area (Å²) in [6.45, 7) is 8.52. The molecule has 0 aromatic carbocycles. The summed E-state index contributed by atoms with van der Waals surface area (Å²) in [4.78, 5) is 0. The molecule has 0 aliphatic carbocycles. The molecular weight excluding hydrogens is 156 g/mol. The minimum atomic E-state index is 0.972. The predicted octanol–water partition coefficient (Wildman–Crippen LogP) is 4.99. The van der Waals surface area contributed by atoms with Crippen LogP contribution in [0.15, 0.2) is 0 Å². The molecule has 0 heterocycles. The molecule has 1 atom stereocenters. The minimum absolute atomic E-state index is 0.972. The van der Waals surface area contributed by atoms with Gasteiger partial charge in [-0.25, -0.2) is 0 Å². The average Bonchev–Trinajstić information content (AvgIpc) is 2.13. The van der Waals surface area contributed by atoms with E-state index in [4.69, 9.17) is 0 Å². The van der Waals surface area contributed by atoms with Crippen molar-refractivity contribution in [3.8, 4) is 0 Å². The molecule has 0 aromatic rings. The molecular formula is C13H27. The SMILES string of the molecule is [CH2]CCC(CCC)CCCCCC. The van der Waals surface area contributed by atoms with Crippen LogP contribution in [0.3, 0.4) is 0 Å². The van der Waals surface area contributed by atoms with Crippen molar-refractivity contribution in [2.24, 2.45) is 5.92 Å². The van der Waals surface area contributed by atoms with Crippen LogP contribution in [0.2, 0.25) is 0 Å². The maximum Gasteiger partial charge on any atom is -0.0414 e. The second-order valence-corrected chi connectivity index (χ2v) is 4.15. The highest BCUT2D eigenvalue weighted by Gasteiger charge is 2.05. The smallest absolute Gasteiger partial charge is 0.0414 e. The van der Waals surface area contributed by atoms with Crippen LogP contribution in [0.1, 0.15) is 71.6 Å². The summed E-state index contributed by atoms with van der Waals surface area (Å²) in [6.07, 6.45) is 12.3. The molecule has 0 fully saturated rings. The van der Waals surface area contributed by atoms with Gasteiger partial charge in [0.25, 0.3) is 0 Å². The lowest BCUT2D eigenvalue weighted by atomic mass is 9.92. The van der Waals surface area contributed by atoms with E-state index in [9.17, 15) is 0 Å². The van der Waals surface area contributed by atoms with Gasteiger partial charge < -0.3 is 0 Å². The van der Waals surface area contributed by atoms with Gasteiger partial charge in [0.15, 0.2) is 0 Å². The van der Waals surface area contributed by atoms with Crippen LogP contribution in [0, 0.1) is 12.8 Å². The highest BCUT2D eigenvalue weighted by molar-refractivity contribution is 4.60. The molecule has 79 valence electrons. The molecule has 0 spiro atoms. The second kappa shape index (κ2) is 10.1. The van der Waals surface area contributed by atoms with Gasteiger partial charge in [0.1, 0.15) is 0 Å². The third-order valence-corrected chi connectivity index (χ3v) is 2.78. The Balaban J connectivity index is 3.33. The van der Waals surface area contributed by atoms with E-state index in [1.54, 1.807) is 0 Å². The Kier molecular flexibility index (Phi) is 10.1. The zero-order chi connectivity index (χ0) is 9.94. The summed E-state index contributed by atoms with van der Waals surface area (Å²) in [5, 5.41) is 0. The van der Waals surface area contributed by atoms with Gasteiger partial charge in [0, 0.05) is 0 Å². The summed E-state index contributed by atoms with van der Waals surface area (Å²) < 4.78 is 0. The third kappa shape index (κ3) is 8.33. The standard InChI is InChI=1S/C13H27/c1-4-7-8-9-12-13(10-5-2)11-6-3/h13H,2,4-12H2,1,3H3. The van der Waals surface area contributed by atoms with Crippen molar-refractivity contribution in [3.63, 3.8) is 0 Å². The number of hydrogen-bond acceptors (Lipinski definition) is 0. The molecule has 0 N–H and O–H groups in total. The van der Waals surface area contributed by atoms with E-state index in [0.29, 0.717) is 0 Å². The molecule has 0 bridgehead atoms. The number of rotatable bonds is 9. The van der Waals surface area contributed by atoms with Crippen molar-refractivity contribution in [1.82, 2.24) is 0 Å². The Morgan fingerprint density at radius 3 is 2.15 bits per heavy atom. The number of unbranched alkanes of at least 4 members (excludes halogenated alkanes) is 3. The van der Waals surface area contributed by atoms with E-state index in [0.717, 1.165) is 12.3 Å². The third-order valence-electron chi connectivity index (χ3n) is 2.78. The Labute approximate surface area is 85.1 Å². The van der Waals surface area contributed by atoms with Crippen LogP contribution in [-0.4, -0.2) is 0 Å². The van der Waals surface area contributed by atoms with Crippen molar-refractivity contribution in [1.29, 1.82) is 0 Å². The van der Waals surface area contributed by atoms with Crippen molar-refractivity contribution in [2.45, 2.75) is 71.6 Å². The Morgan fingerprint density at radius 1 is 0.846 bits per heavy atom. The molecule has 0 aromatic heterocycles. The highest BCUT2D eigenvalue weighted by Crippen LogP contribution is 2.20. The molecule has 0 rings (SSSR count). The topological polar surface area (TPSA) is 0 Å². The molecule has 0 saturated carbocycles. The Hall–Kier alpha value is 0. The van der Waals surface area contributed by atoms with E-state index >= 15 is 0 Å². The first kappa shape index (κ1) is 13.0. The van der Waals surface area contributed by atoms with Gasteiger partial charge in [0.05, 0.1) is 0 Å². The van der Waals surface area contributed by atoms with E-state index in [1.807, 2.05) is 0 Å². The average molecular weight is 183 g/mol. The van der Waals surface area contributed by atoms with Crippen LogP contribution in [0.4, 0.5) is 0 Å². The molecule has 0 saturated heterocycles. The maximum atomic E-state index is 3.95. The van der Waals surface area contributed by atoms with Crippen molar-refractivity contribution in [3.05, 3.63) is 6.92 Å². The minimum Gasteiger partial charge on any atom is -0.0654 e. The van der Waals surface area contributed by atoms with Crippen LogP contribution >= 0.6 is 0 Å². The molecule has 0 aliphatic heterocycles. The maximum absolute atomic E-state index is 3.95. The van der Waals surface area contributed by atoms with E-state index in [1.165, 1.54) is 51.4 Å². The van der Waals surface area contributed by atoms with Crippen LogP contribution in [0.5, 0.6) is 0 Å². The normalized spacial score (nSPS) is 11.1.